The SMILES string of the molecule is Cc1ccc(NC(=O)NCCn2ccc(-c3cccs3)n2)cc1. The van der Waals surface area contributed by atoms with Crippen LogP contribution in [0.3, 0.4) is 0 Å². The van der Waals surface area contributed by atoms with Gasteiger partial charge in [-0.15, -0.1) is 11.3 Å². The van der Waals surface area contributed by atoms with E-state index in [9.17, 15) is 4.79 Å². The van der Waals surface area contributed by atoms with Crippen molar-refractivity contribution in [1.82, 2.24) is 15.1 Å². The van der Waals surface area contributed by atoms with Gasteiger partial charge in [0.2, 0.25) is 0 Å². The van der Waals surface area contributed by atoms with E-state index in [1.165, 1.54) is 0 Å². The lowest BCUT2D eigenvalue weighted by Gasteiger charge is -2.08. The number of amides is 2. The Balaban J connectivity index is 1.46. The molecule has 0 aliphatic carbocycles. The molecule has 0 saturated carbocycles. The summed E-state index contributed by atoms with van der Waals surface area (Å²) in [5, 5.41) is 12.2. The van der Waals surface area contributed by atoms with Gasteiger partial charge in [0.15, 0.2) is 0 Å². The maximum atomic E-state index is 11.8. The molecule has 3 aromatic rings. The molecule has 3 rings (SSSR count). The highest BCUT2D eigenvalue weighted by molar-refractivity contribution is 7.13. The minimum absolute atomic E-state index is 0.209. The zero-order valence-corrected chi connectivity index (χ0v) is 13.6. The number of benzene rings is 1. The van der Waals surface area contributed by atoms with Crippen LogP contribution in [0, 0.1) is 6.92 Å². The molecule has 0 spiro atoms. The topological polar surface area (TPSA) is 59.0 Å². The van der Waals surface area contributed by atoms with Crippen molar-refractivity contribution < 1.29 is 4.79 Å². The first-order valence-electron chi connectivity index (χ1n) is 7.39. The van der Waals surface area contributed by atoms with Crippen LogP contribution in [0.15, 0.2) is 54.0 Å². The average Bonchev–Trinajstić information content (AvgIpc) is 3.20. The number of hydrogen-bond acceptors (Lipinski definition) is 3. The highest BCUT2D eigenvalue weighted by Crippen LogP contribution is 2.22. The van der Waals surface area contributed by atoms with Gasteiger partial charge in [-0.25, -0.2) is 4.79 Å². The second kappa shape index (κ2) is 7.11. The predicted molar refractivity (Wildman–Crippen MR) is 93.7 cm³/mol. The number of urea groups is 1. The van der Waals surface area contributed by atoms with Gasteiger partial charge in [-0.3, -0.25) is 4.68 Å². The monoisotopic (exact) mass is 326 g/mol. The van der Waals surface area contributed by atoms with E-state index >= 15 is 0 Å². The molecule has 6 heteroatoms. The maximum Gasteiger partial charge on any atom is 0.319 e. The fraction of sp³-hybridized carbons (Fsp3) is 0.176. The number of carbonyl (C=O) groups is 1. The first-order chi connectivity index (χ1) is 11.2. The average molecular weight is 326 g/mol. The van der Waals surface area contributed by atoms with Gasteiger partial charge in [0, 0.05) is 18.4 Å². The first-order valence-corrected chi connectivity index (χ1v) is 8.27. The van der Waals surface area contributed by atoms with Crippen molar-refractivity contribution in [3.63, 3.8) is 0 Å². The Hall–Kier alpha value is -2.60. The summed E-state index contributed by atoms with van der Waals surface area (Å²) in [6.45, 7) is 3.16. The standard InChI is InChI=1S/C17H18N4OS/c1-13-4-6-14(7-5-13)19-17(22)18-9-11-21-10-8-15(20-21)16-3-2-12-23-16/h2-8,10,12H,9,11H2,1H3,(H2,18,19,22). The fourth-order valence-corrected chi connectivity index (χ4v) is 2.83. The number of carbonyl (C=O) groups excluding carboxylic acids is 1. The summed E-state index contributed by atoms with van der Waals surface area (Å²) >= 11 is 1.66. The van der Waals surface area contributed by atoms with Crippen LogP contribution in [-0.4, -0.2) is 22.4 Å². The van der Waals surface area contributed by atoms with E-state index in [0.717, 1.165) is 21.8 Å². The van der Waals surface area contributed by atoms with Gasteiger partial charge in [0.1, 0.15) is 5.69 Å². The summed E-state index contributed by atoms with van der Waals surface area (Å²) in [7, 11) is 0. The van der Waals surface area contributed by atoms with Gasteiger partial charge >= 0.3 is 6.03 Å². The van der Waals surface area contributed by atoms with Crippen LogP contribution < -0.4 is 10.6 Å². The van der Waals surface area contributed by atoms with Crippen LogP contribution in [-0.2, 0) is 6.54 Å². The van der Waals surface area contributed by atoms with Crippen molar-refractivity contribution in [3.8, 4) is 10.6 Å². The Labute approximate surface area is 139 Å². The first kappa shape index (κ1) is 15.3. The van der Waals surface area contributed by atoms with E-state index in [0.29, 0.717) is 13.1 Å². The van der Waals surface area contributed by atoms with Crippen LogP contribution in [0.5, 0.6) is 0 Å². The van der Waals surface area contributed by atoms with Crippen LogP contribution in [0.1, 0.15) is 5.56 Å². The molecule has 1 aromatic carbocycles. The third-order valence-corrected chi connectivity index (χ3v) is 4.24. The van der Waals surface area contributed by atoms with Crippen LogP contribution >= 0.6 is 11.3 Å². The van der Waals surface area contributed by atoms with Gasteiger partial charge in [-0.1, -0.05) is 23.8 Å². The highest BCUT2D eigenvalue weighted by Gasteiger charge is 2.04. The third kappa shape index (κ3) is 4.20. The van der Waals surface area contributed by atoms with Gasteiger partial charge in [-0.05, 0) is 36.6 Å². The Morgan fingerprint density at radius 1 is 1.22 bits per heavy atom. The maximum absolute atomic E-state index is 11.8. The largest absolute Gasteiger partial charge is 0.336 e. The lowest BCUT2D eigenvalue weighted by molar-refractivity contribution is 0.251. The Morgan fingerprint density at radius 3 is 2.78 bits per heavy atom. The number of thiophene rings is 1. The summed E-state index contributed by atoms with van der Waals surface area (Å²) < 4.78 is 1.83. The number of nitrogens with one attached hydrogen (secondary N) is 2. The van der Waals surface area contributed by atoms with Crippen molar-refractivity contribution in [2.24, 2.45) is 0 Å². The summed E-state index contributed by atoms with van der Waals surface area (Å²) in [5.74, 6) is 0. The number of rotatable bonds is 5. The Kier molecular flexibility index (Phi) is 4.73. The normalized spacial score (nSPS) is 10.5. The van der Waals surface area contributed by atoms with Crippen molar-refractivity contribution in [3.05, 3.63) is 59.6 Å². The van der Waals surface area contributed by atoms with E-state index in [1.54, 1.807) is 11.3 Å². The zero-order chi connectivity index (χ0) is 16.1. The second-order valence-corrected chi connectivity index (χ2v) is 6.14. The second-order valence-electron chi connectivity index (χ2n) is 5.19. The fourth-order valence-electron chi connectivity index (χ4n) is 2.14. The van der Waals surface area contributed by atoms with Gasteiger partial charge < -0.3 is 10.6 Å². The Morgan fingerprint density at radius 2 is 2.04 bits per heavy atom. The van der Waals surface area contributed by atoms with E-state index in [-0.39, 0.29) is 6.03 Å². The summed E-state index contributed by atoms with van der Waals surface area (Å²) in [5.41, 5.74) is 2.91. The van der Waals surface area contributed by atoms with Crippen molar-refractivity contribution in [1.29, 1.82) is 0 Å². The van der Waals surface area contributed by atoms with E-state index < -0.39 is 0 Å². The molecule has 0 aliphatic rings. The molecule has 2 amide bonds. The van der Waals surface area contributed by atoms with Crippen LogP contribution in [0.2, 0.25) is 0 Å². The molecule has 5 nitrogen and oxygen atoms in total. The number of hydrogen-bond donors (Lipinski definition) is 2. The van der Waals surface area contributed by atoms with E-state index in [4.69, 9.17) is 0 Å². The van der Waals surface area contributed by atoms with Gasteiger partial charge in [0.05, 0.1) is 11.4 Å². The summed E-state index contributed by atoms with van der Waals surface area (Å²) in [6, 6.07) is 13.5. The molecule has 0 saturated heterocycles. The minimum Gasteiger partial charge on any atom is -0.336 e. The molecule has 0 fully saturated rings. The van der Waals surface area contributed by atoms with Crippen molar-refractivity contribution >= 4 is 23.1 Å². The minimum atomic E-state index is -0.209. The predicted octanol–water partition coefficient (Wildman–Crippen LogP) is 3.74. The van der Waals surface area contributed by atoms with Crippen LogP contribution in [0.4, 0.5) is 10.5 Å². The number of nitrogens with zero attached hydrogens (tertiary/aromatic N) is 2. The summed E-state index contributed by atoms with van der Waals surface area (Å²) in [4.78, 5) is 13.0. The molecule has 0 aliphatic heterocycles. The molecule has 0 unspecified atom stereocenters. The third-order valence-electron chi connectivity index (χ3n) is 3.35. The number of aryl methyl sites for hydroxylation is 1. The van der Waals surface area contributed by atoms with Crippen molar-refractivity contribution in [2.45, 2.75) is 13.5 Å². The van der Waals surface area contributed by atoms with E-state index in [2.05, 4.69) is 15.7 Å². The molecule has 2 aromatic heterocycles. The molecule has 2 N–H and O–H groups in total. The molecule has 2 heterocycles. The van der Waals surface area contributed by atoms with Gasteiger partial charge in [-0.2, -0.15) is 5.10 Å². The summed E-state index contributed by atoms with van der Waals surface area (Å²) in [6.07, 6.45) is 1.93. The number of anilines is 1. The lowest BCUT2D eigenvalue weighted by Crippen LogP contribution is -2.31. The Bertz CT molecular complexity index is 762. The lowest BCUT2D eigenvalue weighted by atomic mass is 10.2. The highest BCUT2D eigenvalue weighted by atomic mass is 32.1. The van der Waals surface area contributed by atoms with Gasteiger partial charge in [0.25, 0.3) is 0 Å². The molecule has 118 valence electrons. The molecule has 0 radical (unpaired) electrons. The zero-order valence-electron chi connectivity index (χ0n) is 12.8. The molecule has 0 bridgehead atoms. The van der Waals surface area contributed by atoms with Crippen LogP contribution in [0.25, 0.3) is 10.6 Å². The molecular formula is C17H18N4OS. The quantitative estimate of drug-likeness (QED) is 0.750. The molecule has 23 heavy (non-hydrogen) atoms. The van der Waals surface area contributed by atoms with Crippen molar-refractivity contribution in [2.75, 3.05) is 11.9 Å². The number of aromatic nitrogens is 2. The molecule has 0 atom stereocenters. The molecular weight excluding hydrogens is 308 g/mol. The van der Waals surface area contributed by atoms with E-state index in [1.807, 2.05) is 65.6 Å². The smallest absolute Gasteiger partial charge is 0.319 e.